The van der Waals surface area contributed by atoms with E-state index in [-0.39, 0.29) is 5.56 Å². The van der Waals surface area contributed by atoms with E-state index in [9.17, 15) is 9.18 Å². The van der Waals surface area contributed by atoms with Crippen molar-refractivity contribution < 1.29 is 9.18 Å². The third-order valence-corrected chi connectivity index (χ3v) is 3.48. The van der Waals surface area contributed by atoms with Crippen molar-refractivity contribution in [2.24, 2.45) is 5.92 Å². The fraction of sp³-hybridized carbons (Fsp3) is 0.533. The Morgan fingerprint density at radius 1 is 1.26 bits per heavy atom. The lowest BCUT2D eigenvalue weighted by atomic mass is 10.1. The minimum Gasteiger partial charge on any atom is -0.368 e. The van der Waals surface area contributed by atoms with Crippen LogP contribution in [0.4, 0.5) is 10.1 Å². The molecule has 19 heavy (non-hydrogen) atoms. The molecule has 0 unspecified atom stereocenters. The van der Waals surface area contributed by atoms with Gasteiger partial charge in [0, 0.05) is 32.7 Å². The van der Waals surface area contributed by atoms with Crippen LogP contribution >= 0.6 is 0 Å². The van der Waals surface area contributed by atoms with E-state index in [0.29, 0.717) is 12.2 Å². The molecule has 1 saturated heterocycles. The first-order valence-electron chi connectivity index (χ1n) is 6.83. The molecule has 104 valence electrons. The summed E-state index contributed by atoms with van der Waals surface area (Å²) in [6, 6.07) is 4.82. The zero-order valence-electron chi connectivity index (χ0n) is 11.6. The van der Waals surface area contributed by atoms with Gasteiger partial charge in [-0.3, -0.25) is 9.69 Å². The Kier molecular flexibility index (Phi) is 4.53. The van der Waals surface area contributed by atoms with Crippen molar-refractivity contribution in [1.29, 1.82) is 0 Å². The van der Waals surface area contributed by atoms with Gasteiger partial charge in [-0.2, -0.15) is 0 Å². The van der Waals surface area contributed by atoms with Crippen molar-refractivity contribution in [3.63, 3.8) is 0 Å². The number of carbonyl (C=O) groups excluding carboxylic acids is 1. The van der Waals surface area contributed by atoms with Gasteiger partial charge in [-0.05, 0) is 18.1 Å². The fourth-order valence-electron chi connectivity index (χ4n) is 2.61. The highest BCUT2D eigenvalue weighted by Gasteiger charge is 2.20. The number of halogens is 1. The average Bonchev–Trinajstić information content (AvgIpc) is 2.38. The van der Waals surface area contributed by atoms with E-state index in [0.717, 1.165) is 38.4 Å². The molecule has 0 radical (unpaired) electrons. The Bertz CT molecular complexity index is 440. The molecular formula is C15H21FN2O. The van der Waals surface area contributed by atoms with Gasteiger partial charge in [-0.1, -0.05) is 19.9 Å². The normalized spacial score (nSPS) is 16.9. The summed E-state index contributed by atoms with van der Waals surface area (Å²) in [7, 11) is 0. The van der Waals surface area contributed by atoms with Gasteiger partial charge >= 0.3 is 0 Å². The molecule has 3 nitrogen and oxygen atoms in total. The van der Waals surface area contributed by atoms with Crippen LogP contribution in [0.2, 0.25) is 0 Å². The summed E-state index contributed by atoms with van der Waals surface area (Å²) in [5.74, 6) is 0.225. The predicted octanol–water partition coefficient (Wildman–Crippen LogP) is 2.42. The highest BCUT2D eigenvalue weighted by molar-refractivity contribution is 5.85. The molecule has 2 rings (SSSR count). The smallest absolute Gasteiger partial charge is 0.155 e. The molecule has 0 bridgehead atoms. The summed E-state index contributed by atoms with van der Waals surface area (Å²) < 4.78 is 13.6. The largest absolute Gasteiger partial charge is 0.368 e. The average molecular weight is 264 g/mol. The predicted molar refractivity (Wildman–Crippen MR) is 75.3 cm³/mol. The van der Waals surface area contributed by atoms with Crippen LogP contribution in [0.5, 0.6) is 0 Å². The van der Waals surface area contributed by atoms with E-state index in [1.807, 2.05) is 6.07 Å². The molecule has 0 N–H and O–H groups in total. The molecule has 1 aliphatic rings. The summed E-state index contributed by atoms with van der Waals surface area (Å²) in [6.45, 7) is 9.14. The first-order valence-corrected chi connectivity index (χ1v) is 6.83. The van der Waals surface area contributed by atoms with Crippen LogP contribution in [0.1, 0.15) is 24.2 Å². The number of anilines is 1. The van der Waals surface area contributed by atoms with E-state index >= 15 is 0 Å². The Hall–Kier alpha value is -1.42. The number of carbonyl (C=O) groups is 1. The van der Waals surface area contributed by atoms with Crippen LogP contribution in [-0.2, 0) is 0 Å². The third-order valence-electron chi connectivity index (χ3n) is 3.48. The minimum atomic E-state index is -0.433. The summed E-state index contributed by atoms with van der Waals surface area (Å²) in [5.41, 5.74) is 0.902. The van der Waals surface area contributed by atoms with E-state index in [4.69, 9.17) is 0 Å². The summed E-state index contributed by atoms with van der Waals surface area (Å²) in [6.07, 6.45) is 0.616. The molecule has 0 amide bonds. The molecule has 0 atom stereocenters. The lowest BCUT2D eigenvalue weighted by Crippen LogP contribution is -2.47. The van der Waals surface area contributed by atoms with Gasteiger partial charge in [-0.25, -0.2) is 4.39 Å². The van der Waals surface area contributed by atoms with E-state index in [2.05, 4.69) is 23.6 Å². The highest BCUT2D eigenvalue weighted by atomic mass is 19.1. The van der Waals surface area contributed by atoms with Crippen LogP contribution in [0, 0.1) is 11.7 Å². The Labute approximate surface area is 114 Å². The van der Waals surface area contributed by atoms with Crippen LogP contribution in [0.25, 0.3) is 0 Å². The van der Waals surface area contributed by atoms with E-state index in [1.54, 1.807) is 6.07 Å². The van der Waals surface area contributed by atoms with Gasteiger partial charge in [0.15, 0.2) is 6.29 Å². The number of rotatable bonds is 4. The maximum atomic E-state index is 13.6. The zero-order valence-corrected chi connectivity index (χ0v) is 11.6. The van der Waals surface area contributed by atoms with Crippen molar-refractivity contribution in [3.8, 4) is 0 Å². The van der Waals surface area contributed by atoms with E-state index in [1.165, 1.54) is 6.07 Å². The summed E-state index contributed by atoms with van der Waals surface area (Å²) >= 11 is 0. The molecular weight excluding hydrogens is 243 g/mol. The number of hydrogen-bond donors (Lipinski definition) is 0. The van der Waals surface area contributed by atoms with Gasteiger partial charge in [0.1, 0.15) is 5.82 Å². The van der Waals surface area contributed by atoms with Crippen molar-refractivity contribution in [3.05, 3.63) is 29.6 Å². The second-order valence-corrected chi connectivity index (χ2v) is 5.47. The van der Waals surface area contributed by atoms with Crippen molar-refractivity contribution >= 4 is 12.0 Å². The SMILES string of the molecule is CC(C)CN1CCN(c2cccc(F)c2C=O)CC1. The maximum absolute atomic E-state index is 13.6. The van der Waals surface area contributed by atoms with E-state index < -0.39 is 5.82 Å². The third kappa shape index (κ3) is 3.32. The van der Waals surface area contributed by atoms with Crippen LogP contribution in [0.3, 0.4) is 0 Å². The fourth-order valence-corrected chi connectivity index (χ4v) is 2.61. The van der Waals surface area contributed by atoms with Crippen LogP contribution in [-0.4, -0.2) is 43.9 Å². The first kappa shape index (κ1) is 14.0. The molecule has 0 aromatic heterocycles. The Balaban J connectivity index is 2.05. The zero-order chi connectivity index (χ0) is 13.8. The molecule has 1 aromatic carbocycles. The van der Waals surface area contributed by atoms with Crippen LogP contribution < -0.4 is 4.90 Å². The number of nitrogens with zero attached hydrogens (tertiary/aromatic N) is 2. The lowest BCUT2D eigenvalue weighted by molar-refractivity contribution is 0.112. The monoisotopic (exact) mass is 264 g/mol. The van der Waals surface area contributed by atoms with Crippen molar-refractivity contribution in [2.45, 2.75) is 13.8 Å². The second-order valence-electron chi connectivity index (χ2n) is 5.47. The molecule has 1 aromatic rings. The topological polar surface area (TPSA) is 23.6 Å². The molecule has 1 aliphatic heterocycles. The number of benzene rings is 1. The first-order chi connectivity index (χ1) is 9.11. The second kappa shape index (κ2) is 6.15. The molecule has 0 aliphatic carbocycles. The Morgan fingerprint density at radius 2 is 1.95 bits per heavy atom. The lowest BCUT2D eigenvalue weighted by Gasteiger charge is -2.37. The quantitative estimate of drug-likeness (QED) is 0.780. The number of hydrogen-bond acceptors (Lipinski definition) is 3. The minimum absolute atomic E-state index is 0.180. The summed E-state index contributed by atoms with van der Waals surface area (Å²) in [4.78, 5) is 15.5. The molecule has 0 spiro atoms. The van der Waals surface area contributed by atoms with Crippen molar-refractivity contribution in [2.75, 3.05) is 37.6 Å². The van der Waals surface area contributed by atoms with Gasteiger partial charge in [-0.15, -0.1) is 0 Å². The number of piperazine rings is 1. The number of aldehydes is 1. The summed E-state index contributed by atoms with van der Waals surface area (Å²) in [5, 5.41) is 0. The van der Waals surface area contributed by atoms with Crippen LogP contribution in [0.15, 0.2) is 18.2 Å². The highest BCUT2D eigenvalue weighted by Crippen LogP contribution is 2.23. The van der Waals surface area contributed by atoms with Gasteiger partial charge in [0.2, 0.25) is 0 Å². The molecule has 4 heteroatoms. The Morgan fingerprint density at radius 3 is 2.53 bits per heavy atom. The molecule has 1 heterocycles. The maximum Gasteiger partial charge on any atom is 0.155 e. The van der Waals surface area contributed by atoms with Crippen molar-refractivity contribution in [1.82, 2.24) is 4.90 Å². The standard InChI is InChI=1S/C15H21FN2O/c1-12(2)10-17-6-8-18(9-7-17)15-5-3-4-14(16)13(15)11-19/h3-5,11-12H,6-10H2,1-2H3. The molecule has 1 fully saturated rings. The van der Waals surface area contributed by atoms with Gasteiger partial charge < -0.3 is 4.90 Å². The molecule has 0 saturated carbocycles. The van der Waals surface area contributed by atoms with Gasteiger partial charge in [0.25, 0.3) is 0 Å². The van der Waals surface area contributed by atoms with Gasteiger partial charge in [0.05, 0.1) is 11.3 Å².